The molecule has 0 saturated carbocycles. The highest BCUT2D eigenvalue weighted by molar-refractivity contribution is 7.26. The van der Waals surface area contributed by atoms with Crippen molar-refractivity contribution in [1.82, 2.24) is 4.57 Å². The summed E-state index contributed by atoms with van der Waals surface area (Å²) < 4.78 is 19.8. The van der Waals surface area contributed by atoms with Crippen LogP contribution in [-0.2, 0) is 0 Å². The van der Waals surface area contributed by atoms with Gasteiger partial charge >= 0.3 is 0 Å². The second-order valence-corrected chi connectivity index (χ2v) is 15.7. The van der Waals surface area contributed by atoms with Crippen molar-refractivity contribution >= 4 is 70.4 Å². The van der Waals surface area contributed by atoms with E-state index < -0.39 is 0 Å². The quantitative estimate of drug-likeness (QED) is 0.157. The number of hydrogen-bond acceptors (Lipinski definition) is 2. The molecule has 0 saturated heterocycles. The van der Waals surface area contributed by atoms with E-state index in [1.807, 2.05) is 29.5 Å². The molecule has 9 aromatic carbocycles. The third-order valence-electron chi connectivity index (χ3n) is 11.3. The van der Waals surface area contributed by atoms with Gasteiger partial charge < -0.3 is 9.47 Å². The molecule has 2 aromatic heterocycles. The van der Waals surface area contributed by atoms with E-state index in [-0.39, 0.29) is 5.82 Å². The highest BCUT2D eigenvalue weighted by atomic mass is 32.1. The molecule has 4 heteroatoms. The Morgan fingerprint density at radius 3 is 1.55 bits per heavy atom. The fraction of sp³-hybridized carbons (Fsp3) is 0. The first-order chi connectivity index (χ1) is 28.7. The maximum absolute atomic E-state index is 15.0. The van der Waals surface area contributed by atoms with Crippen LogP contribution in [0.5, 0.6) is 0 Å². The minimum absolute atomic E-state index is 0.261. The predicted octanol–water partition coefficient (Wildman–Crippen LogP) is 15.8. The van der Waals surface area contributed by atoms with Gasteiger partial charge in [0, 0.05) is 42.3 Å². The number of benzene rings is 9. The Morgan fingerprint density at radius 2 is 0.879 bits per heavy atom. The fourth-order valence-corrected chi connectivity index (χ4v) is 9.96. The van der Waals surface area contributed by atoms with Crippen molar-refractivity contribution < 1.29 is 4.39 Å². The number of aromatic nitrogens is 1. The molecule has 11 rings (SSSR count). The summed E-state index contributed by atoms with van der Waals surface area (Å²) in [5, 5.41) is 4.66. The van der Waals surface area contributed by atoms with Gasteiger partial charge in [-0.05, 0) is 94.0 Å². The van der Waals surface area contributed by atoms with Gasteiger partial charge in [-0.3, -0.25) is 0 Å². The van der Waals surface area contributed by atoms with Crippen LogP contribution < -0.4 is 4.90 Å². The van der Waals surface area contributed by atoms with Crippen molar-refractivity contribution in [2.45, 2.75) is 0 Å². The summed E-state index contributed by atoms with van der Waals surface area (Å²) in [6.45, 7) is 0. The smallest absolute Gasteiger partial charge is 0.125 e. The first-order valence-corrected chi connectivity index (χ1v) is 20.4. The van der Waals surface area contributed by atoms with Gasteiger partial charge in [0.15, 0.2) is 0 Å². The van der Waals surface area contributed by atoms with Crippen molar-refractivity contribution in [3.8, 4) is 39.1 Å². The summed E-state index contributed by atoms with van der Waals surface area (Å²) in [7, 11) is 0. The first kappa shape index (κ1) is 34.0. The van der Waals surface area contributed by atoms with Crippen molar-refractivity contribution in [3.05, 3.63) is 218 Å². The molecule has 0 aliphatic rings. The van der Waals surface area contributed by atoms with Gasteiger partial charge in [0.1, 0.15) is 5.82 Å². The van der Waals surface area contributed by atoms with Crippen LogP contribution in [-0.4, -0.2) is 4.57 Å². The number of anilines is 3. The molecule has 0 spiro atoms. The second-order valence-electron chi connectivity index (χ2n) is 14.6. The van der Waals surface area contributed by atoms with Crippen molar-refractivity contribution in [3.63, 3.8) is 0 Å². The molecule has 0 fully saturated rings. The normalized spacial score (nSPS) is 11.5. The molecule has 11 aromatic rings. The van der Waals surface area contributed by atoms with Crippen LogP contribution in [0.1, 0.15) is 0 Å². The van der Waals surface area contributed by atoms with E-state index in [0.29, 0.717) is 0 Å². The Kier molecular flexibility index (Phi) is 8.23. The highest BCUT2D eigenvalue weighted by Crippen LogP contribution is 2.46. The van der Waals surface area contributed by atoms with Gasteiger partial charge in [-0.2, -0.15) is 0 Å². The lowest BCUT2D eigenvalue weighted by molar-refractivity contribution is 0.629. The molecule has 0 aliphatic carbocycles. The number of hydrogen-bond donors (Lipinski definition) is 0. The lowest BCUT2D eigenvalue weighted by atomic mass is 10.00. The molecule has 2 heterocycles. The zero-order valence-electron chi connectivity index (χ0n) is 31.4. The van der Waals surface area contributed by atoms with E-state index in [4.69, 9.17) is 0 Å². The van der Waals surface area contributed by atoms with Gasteiger partial charge in [0.05, 0.1) is 22.4 Å². The van der Waals surface area contributed by atoms with E-state index in [1.54, 1.807) is 12.1 Å². The van der Waals surface area contributed by atoms with Crippen molar-refractivity contribution in [1.29, 1.82) is 0 Å². The van der Waals surface area contributed by atoms with Crippen LogP contribution in [0.3, 0.4) is 0 Å². The SMILES string of the molecule is Fc1ccc2c3ccccc3n(-c3ccccc3N(c3ccc(-c4ccccc4)cc3)c3ccc(-c4cccc5c4sc4c(-c6ccccc6)cccc45)cc3)c2c1. The van der Waals surface area contributed by atoms with E-state index >= 15 is 4.39 Å². The number of halogens is 1. The van der Waals surface area contributed by atoms with Crippen LogP contribution in [0.15, 0.2) is 212 Å². The predicted molar refractivity (Wildman–Crippen MR) is 245 cm³/mol. The Balaban J connectivity index is 1.08. The lowest BCUT2D eigenvalue weighted by Crippen LogP contribution is -2.13. The average molecular weight is 763 g/mol. The van der Waals surface area contributed by atoms with E-state index in [1.165, 1.54) is 42.4 Å². The topological polar surface area (TPSA) is 8.17 Å². The molecule has 274 valence electrons. The first-order valence-electron chi connectivity index (χ1n) is 19.5. The van der Waals surface area contributed by atoms with Gasteiger partial charge in [-0.25, -0.2) is 4.39 Å². The number of thiophene rings is 1. The molecule has 0 aliphatic heterocycles. The molecule has 0 unspecified atom stereocenters. The van der Waals surface area contributed by atoms with Crippen molar-refractivity contribution in [2.75, 3.05) is 4.90 Å². The van der Waals surface area contributed by atoms with Crippen LogP contribution in [0.4, 0.5) is 21.5 Å². The van der Waals surface area contributed by atoms with E-state index in [0.717, 1.165) is 55.7 Å². The minimum Gasteiger partial charge on any atom is -0.308 e. The maximum Gasteiger partial charge on any atom is 0.125 e. The number of para-hydroxylation sites is 3. The van der Waals surface area contributed by atoms with Crippen LogP contribution in [0.2, 0.25) is 0 Å². The Bertz CT molecular complexity index is 3270. The third kappa shape index (κ3) is 5.69. The summed E-state index contributed by atoms with van der Waals surface area (Å²) in [5.74, 6) is -0.261. The lowest BCUT2D eigenvalue weighted by Gasteiger charge is -2.28. The Labute approximate surface area is 339 Å². The molecule has 0 atom stereocenters. The summed E-state index contributed by atoms with van der Waals surface area (Å²) >= 11 is 1.87. The van der Waals surface area contributed by atoms with Crippen LogP contribution in [0.25, 0.3) is 81.0 Å². The van der Waals surface area contributed by atoms with Gasteiger partial charge in [0.25, 0.3) is 0 Å². The van der Waals surface area contributed by atoms with Crippen LogP contribution in [0, 0.1) is 5.82 Å². The summed E-state index contributed by atoms with van der Waals surface area (Å²) in [6.07, 6.45) is 0. The molecular formula is C54H35FN2S. The number of fused-ring (bicyclic) bond motifs is 6. The van der Waals surface area contributed by atoms with Gasteiger partial charge in [0.2, 0.25) is 0 Å². The fourth-order valence-electron chi connectivity index (χ4n) is 8.59. The molecular weight excluding hydrogens is 728 g/mol. The van der Waals surface area contributed by atoms with Gasteiger partial charge in [-0.15, -0.1) is 11.3 Å². The maximum atomic E-state index is 15.0. The Morgan fingerprint density at radius 1 is 0.379 bits per heavy atom. The minimum atomic E-state index is -0.261. The zero-order chi connectivity index (χ0) is 38.6. The largest absolute Gasteiger partial charge is 0.308 e. The van der Waals surface area contributed by atoms with E-state index in [2.05, 4.69) is 191 Å². The standard InChI is InChI=1S/C54H35FN2S/c55-40-29-34-46-45-17-7-8-22-49(45)57(52(46)35-40)51-24-10-9-23-50(51)56(41-30-25-37(26-31-41)36-13-3-1-4-14-36)42-32-27-39(28-33-42)44-19-12-21-48-47-20-11-18-43(53(47)58-54(44)48)38-15-5-2-6-16-38/h1-35H. The summed E-state index contributed by atoms with van der Waals surface area (Å²) in [6, 6.07) is 74.1. The second kappa shape index (κ2) is 14.0. The number of rotatable bonds is 7. The Hall–Kier alpha value is -7.27. The summed E-state index contributed by atoms with van der Waals surface area (Å²) in [5.41, 5.74) is 13.0. The third-order valence-corrected chi connectivity index (χ3v) is 12.6. The monoisotopic (exact) mass is 762 g/mol. The van der Waals surface area contributed by atoms with Crippen molar-refractivity contribution in [2.24, 2.45) is 0 Å². The molecule has 58 heavy (non-hydrogen) atoms. The molecule has 0 N–H and O–H groups in total. The average Bonchev–Trinajstić information content (AvgIpc) is 3.83. The molecule has 0 amide bonds. The zero-order valence-corrected chi connectivity index (χ0v) is 32.2. The van der Waals surface area contributed by atoms with E-state index in [9.17, 15) is 0 Å². The molecule has 0 bridgehead atoms. The number of nitrogens with zero attached hydrogens (tertiary/aromatic N) is 2. The molecule has 0 radical (unpaired) electrons. The van der Waals surface area contributed by atoms with Gasteiger partial charge in [-0.1, -0.05) is 152 Å². The van der Waals surface area contributed by atoms with Crippen LogP contribution >= 0.6 is 11.3 Å². The summed E-state index contributed by atoms with van der Waals surface area (Å²) in [4.78, 5) is 2.32. The molecule has 2 nitrogen and oxygen atoms in total. The highest BCUT2D eigenvalue weighted by Gasteiger charge is 2.21.